The van der Waals surface area contributed by atoms with Crippen LogP contribution >= 0.6 is 35.6 Å². The van der Waals surface area contributed by atoms with Crippen LogP contribution in [0.5, 0.6) is 5.75 Å². The molecule has 0 spiro atoms. The number of carbonyl (C=O) groups is 2. The molecule has 2 aromatic rings. The Labute approximate surface area is 202 Å². The molecule has 0 aliphatic carbocycles. The van der Waals surface area contributed by atoms with Crippen LogP contribution in [-0.4, -0.2) is 34.7 Å². The number of hydrogen-bond acceptors (Lipinski definition) is 5. The average molecular weight is 515 g/mol. The molecule has 5 nitrogen and oxygen atoms in total. The maximum Gasteiger partial charge on any atom is 0.418 e. The van der Waals surface area contributed by atoms with E-state index in [1.54, 1.807) is 31.4 Å². The van der Waals surface area contributed by atoms with Crippen molar-refractivity contribution < 1.29 is 27.5 Å². The normalized spacial score (nSPS) is 15.3. The van der Waals surface area contributed by atoms with E-state index >= 15 is 0 Å². The monoisotopic (exact) mass is 514 g/mol. The molecule has 33 heavy (non-hydrogen) atoms. The Bertz CT molecular complexity index is 1120. The van der Waals surface area contributed by atoms with Crippen molar-refractivity contribution >= 4 is 63.5 Å². The van der Waals surface area contributed by atoms with Gasteiger partial charge in [0.15, 0.2) is 0 Å². The number of methoxy groups -OCH3 is 1. The molecule has 1 heterocycles. The lowest BCUT2D eigenvalue weighted by atomic mass is 10.1. The topological polar surface area (TPSA) is 58.6 Å². The van der Waals surface area contributed by atoms with Crippen LogP contribution in [0.1, 0.15) is 24.0 Å². The number of carbonyl (C=O) groups excluding carboxylic acids is 2. The molecule has 1 fully saturated rings. The summed E-state index contributed by atoms with van der Waals surface area (Å²) in [5, 5.41) is 2.18. The SMILES string of the molecule is COc1cccc(C=C2SC(=S)N(CCCC(=O)Nc3ccc(Cl)cc3C(F)(F)F)C2=O)c1. The van der Waals surface area contributed by atoms with Crippen LogP contribution in [0, 0.1) is 0 Å². The highest BCUT2D eigenvalue weighted by Gasteiger charge is 2.34. The minimum Gasteiger partial charge on any atom is -0.497 e. The van der Waals surface area contributed by atoms with Crippen LogP contribution in [0.15, 0.2) is 47.4 Å². The largest absolute Gasteiger partial charge is 0.497 e. The van der Waals surface area contributed by atoms with Gasteiger partial charge in [-0.05, 0) is 48.4 Å². The lowest BCUT2D eigenvalue weighted by Crippen LogP contribution is -2.29. The summed E-state index contributed by atoms with van der Waals surface area (Å²) in [6, 6.07) is 10.3. The zero-order chi connectivity index (χ0) is 24.2. The van der Waals surface area contributed by atoms with Gasteiger partial charge in [0.2, 0.25) is 5.91 Å². The van der Waals surface area contributed by atoms with E-state index in [1.165, 1.54) is 11.0 Å². The maximum absolute atomic E-state index is 13.2. The van der Waals surface area contributed by atoms with Crippen molar-refractivity contribution in [2.24, 2.45) is 0 Å². The van der Waals surface area contributed by atoms with E-state index in [-0.39, 0.29) is 36.0 Å². The molecular formula is C22H18ClF3N2O3S2. The van der Waals surface area contributed by atoms with Gasteiger partial charge in [-0.15, -0.1) is 0 Å². The van der Waals surface area contributed by atoms with E-state index < -0.39 is 17.6 Å². The van der Waals surface area contributed by atoms with Crippen LogP contribution in [0.25, 0.3) is 6.08 Å². The van der Waals surface area contributed by atoms with E-state index in [1.807, 2.05) is 6.07 Å². The zero-order valence-corrected chi connectivity index (χ0v) is 19.6. The Morgan fingerprint density at radius 3 is 2.73 bits per heavy atom. The minimum atomic E-state index is -4.66. The highest BCUT2D eigenvalue weighted by atomic mass is 35.5. The first kappa shape index (κ1) is 25.1. The molecule has 0 saturated carbocycles. The third kappa shape index (κ3) is 6.49. The van der Waals surface area contributed by atoms with Crippen LogP contribution in [0.4, 0.5) is 18.9 Å². The number of nitrogens with one attached hydrogen (secondary N) is 1. The van der Waals surface area contributed by atoms with Crippen molar-refractivity contribution in [3.05, 3.63) is 63.5 Å². The molecule has 0 unspecified atom stereocenters. The summed E-state index contributed by atoms with van der Waals surface area (Å²) in [4.78, 5) is 26.7. The fourth-order valence-electron chi connectivity index (χ4n) is 3.05. The zero-order valence-electron chi connectivity index (χ0n) is 17.2. The van der Waals surface area contributed by atoms with E-state index in [2.05, 4.69) is 5.32 Å². The number of benzene rings is 2. The molecule has 1 N–H and O–H groups in total. The molecule has 3 rings (SSSR count). The predicted octanol–water partition coefficient (Wildman–Crippen LogP) is 5.99. The second kappa shape index (κ2) is 10.6. The number of thiocarbonyl (C=S) groups is 1. The van der Waals surface area contributed by atoms with Crippen LogP contribution in [0.3, 0.4) is 0 Å². The van der Waals surface area contributed by atoms with Gasteiger partial charge in [0.25, 0.3) is 5.91 Å². The molecule has 1 saturated heterocycles. The van der Waals surface area contributed by atoms with Gasteiger partial charge in [-0.25, -0.2) is 0 Å². The summed E-state index contributed by atoms with van der Waals surface area (Å²) in [6.07, 6.45) is -2.83. The lowest BCUT2D eigenvalue weighted by molar-refractivity contribution is -0.137. The highest BCUT2D eigenvalue weighted by molar-refractivity contribution is 8.26. The van der Waals surface area contributed by atoms with Crippen molar-refractivity contribution in [2.45, 2.75) is 19.0 Å². The van der Waals surface area contributed by atoms with Crippen LogP contribution in [0.2, 0.25) is 5.02 Å². The first-order chi connectivity index (χ1) is 15.6. The van der Waals surface area contributed by atoms with Crippen molar-refractivity contribution in [1.29, 1.82) is 0 Å². The number of hydrogen-bond donors (Lipinski definition) is 1. The number of amides is 2. The van der Waals surface area contributed by atoms with Gasteiger partial charge in [0, 0.05) is 18.0 Å². The second-order valence-corrected chi connectivity index (χ2v) is 9.06. The molecule has 1 aliphatic heterocycles. The van der Waals surface area contributed by atoms with Crippen molar-refractivity contribution in [2.75, 3.05) is 19.0 Å². The predicted molar refractivity (Wildman–Crippen MR) is 127 cm³/mol. The lowest BCUT2D eigenvalue weighted by Gasteiger charge is -2.16. The summed E-state index contributed by atoms with van der Waals surface area (Å²) < 4.78 is 45.0. The molecule has 174 valence electrons. The summed E-state index contributed by atoms with van der Waals surface area (Å²) in [7, 11) is 1.55. The number of thioether (sulfide) groups is 1. The van der Waals surface area contributed by atoms with Gasteiger partial charge < -0.3 is 10.1 Å². The smallest absolute Gasteiger partial charge is 0.418 e. The first-order valence-corrected chi connectivity index (χ1v) is 11.2. The molecule has 0 radical (unpaired) electrons. The second-order valence-electron chi connectivity index (χ2n) is 6.95. The van der Waals surface area contributed by atoms with E-state index in [4.69, 9.17) is 28.6 Å². The third-order valence-electron chi connectivity index (χ3n) is 4.61. The molecule has 2 aromatic carbocycles. The highest BCUT2D eigenvalue weighted by Crippen LogP contribution is 2.37. The Balaban J connectivity index is 1.58. The molecule has 11 heteroatoms. The number of rotatable bonds is 7. The van der Waals surface area contributed by atoms with Crippen molar-refractivity contribution in [3.8, 4) is 5.75 Å². The molecule has 0 aromatic heterocycles. The summed E-state index contributed by atoms with van der Waals surface area (Å²) in [6.45, 7) is 0.167. The van der Waals surface area contributed by atoms with Gasteiger partial charge >= 0.3 is 6.18 Å². The maximum atomic E-state index is 13.2. The number of ether oxygens (including phenoxy) is 1. The summed E-state index contributed by atoms with van der Waals surface area (Å²) in [5.74, 6) is -0.245. The van der Waals surface area contributed by atoms with E-state index in [0.29, 0.717) is 15.0 Å². The Morgan fingerprint density at radius 2 is 2.03 bits per heavy atom. The van der Waals surface area contributed by atoms with E-state index in [9.17, 15) is 22.8 Å². The van der Waals surface area contributed by atoms with Gasteiger partial charge in [-0.3, -0.25) is 14.5 Å². The summed E-state index contributed by atoms with van der Waals surface area (Å²) >= 11 is 12.1. The minimum absolute atomic E-state index is 0.0864. The molecule has 1 aliphatic rings. The van der Waals surface area contributed by atoms with Gasteiger partial charge in [-0.1, -0.05) is 47.7 Å². The Kier molecular flexibility index (Phi) is 8.04. The average Bonchev–Trinajstić information content (AvgIpc) is 3.01. The first-order valence-electron chi connectivity index (χ1n) is 9.64. The van der Waals surface area contributed by atoms with Crippen molar-refractivity contribution in [1.82, 2.24) is 4.90 Å². The third-order valence-corrected chi connectivity index (χ3v) is 6.22. The fraction of sp³-hybridized carbons (Fsp3) is 0.227. The number of alkyl halides is 3. The van der Waals surface area contributed by atoms with Crippen LogP contribution in [-0.2, 0) is 15.8 Å². The Morgan fingerprint density at radius 1 is 1.27 bits per heavy atom. The molecular weight excluding hydrogens is 497 g/mol. The molecule has 0 atom stereocenters. The van der Waals surface area contributed by atoms with E-state index in [0.717, 1.165) is 29.5 Å². The number of anilines is 1. The van der Waals surface area contributed by atoms with Crippen molar-refractivity contribution in [3.63, 3.8) is 0 Å². The number of halogens is 4. The van der Waals surface area contributed by atoms with Crippen LogP contribution < -0.4 is 10.1 Å². The van der Waals surface area contributed by atoms with Gasteiger partial charge in [-0.2, -0.15) is 13.2 Å². The fourth-order valence-corrected chi connectivity index (χ4v) is 4.53. The molecule has 0 bridgehead atoms. The number of nitrogens with zero attached hydrogens (tertiary/aromatic N) is 1. The quantitative estimate of drug-likeness (QED) is 0.363. The van der Waals surface area contributed by atoms with Gasteiger partial charge in [0.1, 0.15) is 10.1 Å². The molecule has 2 amide bonds. The van der Waals surface area contributed by atoms with Gasteiger partial charge in [0.05, 0.1) is 23.3 Å². The Hall–Kier alpha value is -2.56. The standard InChI is InChI=1S/C22H18ClF3N2O3S2/c1-31-15-5-2-4-13(10-15)11-18-20(30)28(21(32)33-18)9-3-6-19(29)27-17-8-7-14(23)12-16(17)22(24,25)26/h2,4-5,7-8,10-12H,3,6,9H2,1H3,(H,27,29). The summed E-state index contributed by atoms with van der Waals surface area (Å²) in [5.41, 5.74) is -0.621.